The van der Waals surface area contributed by atoms with E-state index >= 15 is 0 Å². The van der Waals surface area contributed by atoms with Crippen LogP contribution in [-0.4, -0.2) is 65.2 Å². The summed E-state index contributed by atoms with van der Waals surface area (Å²) in [7, 11) is 1.90. The second kappa shape index (κ2) is 11.6. The molecule has 174 valence electrons. The molecule has 1 aliphatic heterocycles. The molecule has 33 heavy (non-hydrogen) atoms. The number of carbonyl (C=O) groups is 3. The number of halogens is 1. The number of nitrogens with one attached hydrogen (secondary N) is 3. The lowest BCUT2D eigenvalue weighted by Crippen LogP contribution is -2.49. The van der Waals surface area contributed by atoms with Gasteiger partial charge in [-0.25, -0.2) is 4.98 Å². The average Bonchev–Trinajstić information content (AvgIpc) is 3.46. The number of rotatable bonds is 6. The number of fused-ring (bicyclic) bond motifs is 1. The minimum atomic E-state index is -0.649. The van der Waals surface area contributed by atoms with E-state index in [1.165, 1.54) is 6.92 Å². The summed E-state index contributed by atoms with van der Waals surface area (Å²) in [5.74, 6) is -0.397. The van der Waals surface area contributed by atoms with Gasteiger partial charge in [0.2, 0.25) is 5.91 Å². The summed E-state index contributed by atoms with van der Waals surface area (Å²) in [6, 6.07) is 12.8. The molecular weight excluding hydrogens is 442 g/mol. The predicted octanol–water partition coefficient (Wildman–Crippen LogP) is 2.58. The van der Waals surface area contributed by atoms with Gasteiger partial charge in [0.05, 0.1) is 11.7 Å². The van der Waals surface area contributed by atoms with Crippen molar-refractivity contribution in [3.8, 4) is 0 Å². The zero-order valence-electron chi connectivity index (χ0n) is 18.7. The first kappa shape index (κ1) is 24.4. The molecule has 2 amide bonds. The molecule has 0 aliphatic carbocycles. The third-order valence-corrected chi connectivity index (χ3v) is 5.72. The zero-order valence-corrected chi connectivity index (χ0v) is 19.4. The molecule has 0 spiro atoms. The van der Waals surface area contributed by atoms with Crippen LogP contribution in [0.4, 0.5) is 0 Å². The van der Waals surface area contributed by atoms with Crippen molar-refractivity contribution in [1.29, 1.82) is 0 Å². The van der Waals surface area contributed by atoms with E-state index in [1.54, 1.807) is 18.3 Å². The van der Waals surface area contributed by atoms with Crippen LogP contribution in [0.25, 0.3) is 10.9 Å². The largest absolute Gasteiger partial charge is 0.349 e. The first-order valence-electron chi connectivity index (χ1n) is 10.8. The third-order valence-electron chi connectivity index (χ3n) is 5.51. The molecule has 2 atom stereocenters. The highest BCUT2D eigenvalue weighted by Crippen LogP contribution is 2.18. The van der Waals surface area contributed by atoms with Gasteiger partial charge in [-0.1, -0.05) is 41.9 Å². The summed E-state index contributed by atoms with van der Waals surface area (Å²) in [5, 5.41) is 7.31. The van der Waals surface area contributed by atoms with Crippen molar-refractivity contribution in [2.75, 3.05) is 20.1 Å². The fourth-order valence-electron chi connectivity index (χ4n) is 3.83. The molecule has 1 saturated heterocycles. The summed E-state index contributed by atoms with van der Waals surface area (Å²) in [6.07, 6.45) is 3.67. The molecule has 1 unspecified atom stereocenters. The number of hydrogen-bond donors (Lipinski definition) is 3. The Morgan fingerprint density at radius 2 is 2.03 bits per heavy atom. The highest BCUT2D eigenvalue weighted by Gasteiger charge is 2.31. The van der Waals surface area contributed by atoms with E-state index in [4.69, 9.17) is 16.4 Å². The Hall–Kier alpha value is -3.23. The van der Waals surface area contributed by atoms with Gasteiger partial charge in [-0.15, -0.1) is 0 Å². The number of pyridine rings is 1. The van der Waals surface area contributed by atoms with Gasteiger partial charge in [-0.05, 0) is 38.1 Å². The average molecular weight is 470 g/mol. The highest BCUT2D eigenvalue weighted by molar-refractivity contribution is 6.30. The Bertz CT molecular complexity index is 1100. The Morgan fingerprint density at radius 3 is 2.70 bits per heavy atom. The lowest BCUT2D eigenvalue weighted by molar-refractivity contribution is -0.132. The van der Waals surface area contributed by atoms with Crippen LogP contribution in [-0.2, 0) is 16.0 Å². The molecule has 0 saturated carbocycles. The first-order valence-corrected chi connectivity index (χ1v) is 11.2. The summed E-state index contributed by atoms with van der Waals surface area (Å²) in [4.78, 5) is 43.9. The number of aromatic amines is 1. The summed E-state index contributed by atoms with van der Waals surface area (Å²) in [6.45, 7) is 2.77. The van der Waals surface area contributed by atoms with E-state index < -0.39 is 6.04 Å². The Labute approximate surface area is 197 Å². The van der Waals surface area contributed by atoms with Crippen molar-refractivity contribution in [3.05, 3.63) is 65.1 Å². The molecule has 9 heteroatoms. The summed E-state index contributed by atoms with van der Waals surface area (Å²) >= 11 is 5.94. The van der Waals surface area contributed by atoms with Crippen molar-refractivity contribution < 1.29 is 14.4 Å². The lowest BCUT2D eigenvalue weighted by Gasteiger charge is -2.24. The number of H-pyrrole nitrogens is 1. The number of likely N-dealkylation sites (N-methyl/N-ethyl adjacent to an activating group) is 1. The maximum atomic E-state index is 13.2. The Balaban J connectivity index is 0.000000968. The molecule has 0 radical (unpaired) electrons. The maximum absolute atomic E-state index is 13.2. The van der Waals surface area contributed by atoms with Gasteiger partial charge >= 0.3 is 0 Å². The van der Waals surface area contributed by atoms with Crippen LogP contribution in [0.1, 0.15) is 29.4 Å². The molecule has 3 heterocycles. The Morgan fingerprint density at radius 1 is 1.30 bits per heavy atom. The fraction of sp³-hybridized carbons (Fsp3) is 0.333. The van der Waals surface area contributed by atoms with Crippen LogP contribution in [0, 0.1) is 0 Å². The van der Waals surface area contributed by atoms with Gasteiger partial charge in [0, 0.05) is 30.9 Å². The van der Waals surface area contributed by atoms with Crippen LogP contribution in [0.5, 0.6) is 0 Å². The van der Waals surface area contributed by atoms with E-state index in [1.807, 2.05) is 42.3 Å². The predicted molar refractivity (Wildman–Crippen MR) is 128 cm³/mol. The van der Waals surface area contributed by atoms with E-state index in [9.17, 15) is 9.59 Å². The zero-order chi connectivity index (χ0) is 23.8. The fourth-order valence-corrected chi connectivity index (χ4v) is 4.00. The van der Waals surface area contributed by atoms with Crippen molar-refractivity contribution in [2.24, 2.45) is 0 Å². The van der Waals surface area contributed by atoms with Crippen molar-refractivity contribution >= 4 is 40.6 Å². The smallest absolute Gasteiger partial charge is 0.268 e. The molecule has 1 aliphatic rings. The number of aromatic nitrogens is 2. The quantitative estimate of drug-likeness (QED) is 0.380. The van der Waals surface area contributed by atoms with Gasteiger partial charge in [0.1, 0.15) is 23.2 Å². The van der Waals surface area contributed by atoms with E-state index in [2.05, 4.69) is 20.6 Å². The molecule has 3 N–H and O–H groups in total. The lowest BCUT2D eigenvalue weighted by atomic mass is 10.0. The second-order valence-corrected chi connectivity index (χ2v) is 8.17. The van der Waals surface area contributed by atoms with Crippen LogP contribution in [0.2, 0.25) is 5.15 Å². The van der Waals surface area contributed by atoms with Crippen molar-refractivity contribution in [3.63, 3.8) is 0 Å². The number of nitrogens with zero attached hydrogens (tertiary/aromatic N) is 2. The van der Waals surface area contributed by atoms with Gasteiger partial charge in [-0.2, -0.15) is 0 Å². The molecule has 8 nitrogen and oxygen atoms in total. The maximum Gasteiger partial charge on any atom is 0.268 e. The molecule has 0 bridgehead atoms. The van der Waals surface area contributed by atoms with E-state index in [0.717, 1.165) is 23.7 Å². The first-order chi connectivity index (χ1) is 15.9. The third kappa shape index (κ3) is 6.40. The molecule has 2 aromatic heterocycles. The van der Waals surface area contributed by atoms with E-state index in [0.29, 0.717) is 35.9 Å². The molecule has 1 aromatic carbocycles. The number of likely N-dealkylation sites (tertiary alicyclic amines) is 1. The summed E-state index contributed by atoms with van der Waals surface area (Å²) in [5.41, 5.74) is 2.08. The van der Waals surface area contributed by atoms with Crippen LogP contribution in [0.3, 0.4) is 0 Å². The second-order valence-electron chi connectivity index (χ2n) is 7.79. The van der Waals surface area contributed by atoms with E-state index in [-0.39, 0.29) is 17.9 Å². The minimum Gasteiger partial charge on any atom is -0.349 e. The van der Waals surface area contributed by atoms with Crippen molar-refractivity contribution in [1.82, 2.24) is 25.5 Å². The number of amides is 2. The number of carbonyl (C=O) groups excluding carboxylic acids is 3. The van der Waals surface area contributed by atoms with Gasteiger partial charge < -0.3 is 25.3 Å². The molecule has 4 rings (SSSR count). The number of hydrogen-bond acceptors (Lipinski definition) is 5. The van der Waals surface area contributed by atoms with Crippen LogP contribution < -0.4 is 10.6 Å². The highest BCUT2D eigenvalue weighted by atomic mass is 35.5. The van der Waals surface area contributed by atoms with Gasteiger partial charge in [-0.3, -0.25) is 9.59 Å². The standard InChI is InChI=1S/C22H24ClN5O2.C2H4O/c1-24-16-7-8-28(13-16)22(30)18(9-14-5-3-2-4-6-14)27-21(29)17-10-15-11-20(23)25-12-19(15)26-17;1-2-3/h2-6,10-12,16,18,24,26H,7-9,13H2,1H3,(H,27,29);2H,1H3/t16?,18-;/m0./s1. The number of benzene rings is 1. The van der Waals surface area contributed by atoms with Gasteiger partial charge in [0.25, 0.3) is 5.91 Å². The number of aldehydes is 1. The van der Waals surface area contributed by atoms with Crippen LogP contribution in [0.15, 0.2) is 48.7 Å². The van der Waals surface area contributed by atoms with Crippen LogP contribution >= 0.6 is 11.6 Å². The summed E-state index contributed by atoms with van der Waals surface area (Å²) < 4.78 is 0. The topological polar surface area (TPSA) is 107 Å². The molecule has 3 aromatic rings. The molecule has 1 fully saturated rings. The normalized spacial score (nSPS) is 16.1. The van der Waals surface area contributed by atoms with Gasteiger partial charge in [0.15, 0.2) is 0 Å². The minimum absolute atomic E-state index is 0.0641. The SMILES string of the molecule is CC=O.CNC1CCN(C(=O)[C@H](Cc2ccccc2)NC(=O)c2cc3cc(Cl)ncc3[nH]2)C1. The van der Waals surface area contributed by atoms with Crippen molar-refractivity contribution in [2.45, 2.75) is 31.8 Å². The monoisotopic (exact) mass is 469 g/mol. The Kier molecular flexibility index (Phi) is 8.57. The molecular formula is C24H28ClN5O3.